The molecule has 0 saturated carbocycles. The Labute approximate surface area is 251 Å². The molecule has 2 bridgehead atoms. The van der Waals surface area contributed by atoms with Gasteiger partial charge in [-0.15, -0.1) is 0 Å². The van der Waals surface area contributed by atoms with Crippen LogP contribution in [0.1, 0.15) is 37.2 Å². The molecule has 1 aromatic carbocycles. The maximum Gasteiger partial charge on any atom is 0.323 e. The molecule has 1 unspecified atom stereocenters. The normalized spacial score (nSPS) is 15.9. The molecule has 13 nitrogen and oxygen atoms in total. The van der Waals surface area contributed by atoms with Gasteiger partial charge in [0, 0.05) is 51.4 Å². The first kappa shape index (κ1) is 33.6. The van der Waals surface area contributed by atoms with Crippen LogP contribution >= 0.6 is 0 Å². The second-order valence-electron chi connectivity index (χ2n) is 10.2. The maximum atomic E-state index is 13.1. The lowest BCUT2D eigenvalue weighted by Gasteiger charge is -2.33. The number of methoxy groups -OCH3 is 1. The third-order valence-electron chi connectivity index (χ3n) is 7.13. The van der Waals surface area contributed by atoms with Crippen LogP contribution in [0.2, 0.25) is 0 Å². The van der Waals surface area contributed by atoms with Gasteiger partial charge in [0.25, 0.3) is 5.69 Å². The van der Waals surface area contributed by atoms with Gasteiger partial charge < -0.3 is 14.2 Å². The number of nitrogens with zero attached hydrogens (tertiary/aromatic N) is 5. The van der Waals surface area contributed by atoms with E-state index in [1.165, 1.54) is 19.2 Å². The smallest absolute Gasteiger partial charge is 0.323 e. The van der Waals surface area contributed by atoms with Gasteiger partial charge in [-0.1, -0.05) is 18.2 Å². The van der Waals surface area contributed by atoms with Crippen LogP contribution in [0.25, 0.3) is 0 Å². The van der Waals surface area contributed by atoms with Crippen LogP contribution in [-0.4, -0.2) is 108 Å². The molecule has 1 aliphatic rings. The highest BCUT2D eigenvalue weighted by Crippen LogP contribution is 2.18. The zero-order chi connectivity index (χ0) is 31.2. The number of hydrogen-bond donors (Lipinski definition) is 0. The summed E-state index contributed by atoms with van der Waals surface area (Å²) in [6, 6.07) is 11.3. The first-order valence-corrected chi connectivity index (χ1v) is 14.5. The summed E-state index contributed by atoms with van der Waals surface area (Å²) in [5.74, 6) is -1.09. The van der Waals surface area contributed by atoms with E-state index in [0.29, 0.717) is 52.1 Å². The molecule has 0 amide bonds. The predicted octanol–water partition coefficient (Wildman–Crippen LogP) is 2.21. The average molecular weight is 600 g/mol. The number of carbonyl (C=O) groups excluding carboxylic acids is 3. The molecule has 0 aliphatic carbocycles. The molecule has 13 heteroatoms. The molecular weight excluding hydrogens is 558 g/mol. The predicted molar refractivity (Wildman–Crippen MR) is 157 cm³/mol. The van der Waals surface area contributed by atoms with Crippen molar-refractivity contribution < 1.29 is 33.5 Å². The number of esters is 3. The second kappa shape index (κ2) is 17.2. The van der Waals surface area contributed by atoms with Crippen molar-refractivity contribution in [3.8, 4) is 0 Å². The summed E-state index contributed by atoms with van der Waals surface area (Å²) in [6.07, 6.45) is 0.909. The Kier molecular flexibility index (Phi) is 13.5. The van der Waals surface area contributed by atoms with Crippen LogP contribution < -0.4 is 0 Å². The standard InChI is InChI=1S/C30H41N5O8/c1-4-42-28(36)21-32-15-16-33(22-29(37)43-5-2)19-24-7-6-8-25(31-24)20-34(18-17-32)27(30(38)41-3)14-11-23-9-12-26(13-10-23)35(39)40/h6-10,12-13,27H,4-5,11,14-22H2,1-3H3. The number of nitro groups is 1. The monoisotopic (exact) mass is 599 g/mol. The Morgan fingerprint density at radius 1 is 0.884 bits per heavy atom. The van der Waals surface area contributed by atoms with Crippen LogP contribution in [-0.2, 0) is 48.1 Å². The number of benzene rings is 1. The number of aryl methyl sites for hydroxylation is 1. The minimum absolute atomic E-state index is 0.00445. The molecule has 1 aromatic heterocycles. The summed E-state index contributed by atoms with van der Waals surface area (Å²) in [6.45, 7) is 6.78. The number of fused-ring (bicyclic) bond motifs is 2. The molecule has 0 fully saturated rings. The Morgan fingerprint density at radius 2 is 1.47 bits per heavy atom. The summed E-state index contributed by atoms with van der Waals surface area (Å²) in [5.41, 5.74) is 2.37. The van der Waals surface area contributed by atoms with Crippen molar-refractivity contribution in [2.75, 3.05) is 59.6 Å². The van der Waals surface area contributed by atoms with Gasteiger partial charge in [0.15, 0.2) is 0 Å². The van der Waals surface area contributed by atoms with E-state index in [9.17, 15) is 24.5 Å². The molecule has 234 valence electrons. The van der Waals surface area contributed by atoms with Crippen molar-refractivity contribution in [1.29, 1.82) is 0 Å². The Balaban J connectivity index is 1.88. The molecule has 43 heavy (non-hydrogen) atoms. The Bertz CT molecular complexity index is 1230. The number of carbonyl (C=O) groups is 3. The molecule has 2 heterocycles. The van der Waals surface area contributed by atoms with E-state index < -0.39 is 16.9 Å². The molecule has 0 spiro atoms. The minimum Gasteiger partial charge on any atom is -0.468 e. The zero-order valence-corrected chi connectivity index (χ0v) is 25.1. The van der Waals surface area contributed by atoms with Crippen molar-refractivity contribution in [3.05, 3.63) is 69.5 Å². The van der Waals surface area contributed by atoms with E-state index in [-0.39, 0.29) is 43.9 Å². The van der Waals surface area contributed by atoms with Crippen LogP contribution in [0.5, 0.6) is 0 Å². The lowest BCUT2D eigenvalue weighted by molar-refractivity contribution is -0.384. The summed E-state index contributed by atoms with van der Waals surface area (Å²) in [5, 5.41) is 11.0. The number of pyridine rings is 1. The van der Waals surface area contributed by atoms with Gasteiger partial charge >= 0.3 is 17.9 Å². The Morgan fingerprint density at radius 3 is 2.07 bits per heavy atom. The quantitative estimate of drug-likeness (QED) is 0.153. The molecule has 1 atom stereocenters. The topological polar surface area (TPSA) is 145 Å². The fraction of sp³-hybridized carbons (Fsp3) is 0.533. The highest BCUT2D eigenvalue weighted by atomic mass is 16.6. The van der Waals surface area contributed by atoms with E-state index in [2.05, 4.69) is 0 Å². The lowest BCUT2D eigenvalue weighted by Crippen LogP contribution is -2.48. The number of aromatic nitrogens is 1. The summed E-state index contributed by atoms with van der Waals surface area (Å²) in [7, 11) is 1.35. The number of non-ortho nitro benzene ring substituents is 1. The van der Waals surface area contributed by atoms with Gasteiger partial charge in [-0.05, 0) is 44.4 Å². The number of hydrogen-bond acceptors (Lipinski definition) is 12. The molecule has 0 saturated heterocycles. The van der Waals surface area contributed by atoms with Gasteiger partial charge in [-0.25, -0.2) is 0 Å². The average Bonchev–Trinajstić information content (AvgIpc) is 2.98. The van der Waals surface area contributed by atoms with E-state index in [1.807, 2.05) is 32.9 Å². The highest BCUT2D eigenvalue weighted by molar-refractivity contribution is 5.75. The fourth-order valence-corrected chi connectivity index (χ4v) is 4.98. The zero-order valence-electron chi connectivity index (χ0n) is 25.1. The van der Waals surface area contributed by atoms with Crippen LogP contribution in [0.3, 0.4) is 0 Å². The second-order valence-corrected chi connectivity index (χ2v) is 10.2. The van der Waals surface area contributed by atoms with Crippen LogP contribution in [0, 0.1) is 10.1 Å². The van der Waals surface area contributed by atoms with Gasteiger partial charge in [0.05, 0.1) is 49.7 Å². The van der Waals surface area contributed by atoms with E-state index in [0.717, 1.165) is 17.0 Å². The van der Waals surface area contributed by atoms with Gasteiger partial charge in [-0.3, -0.25) is 44.2 Å². The molecule has 0 N–H and O–H groups in total. The fourth-order valence-electron chi connectivity index (χ4n) is 4.98. The van der Waals surface area contributed by atoms with Crippen molar-refractivity contribution in [1.82, 2.24) is 19.7 Å². The van der Waals surface area contributed by atoms with Gasteiger partial charge in [0.2, 0.25) is 0 Å². The number of rotatable bonds is 12. The summed E-state index contributed by atoms with van der Waals surface area (Å²) in [4.78, 5) is 59.2. The molecule has 1 aliphatic heterocycles. The van der Waals surface area contributed by atoms with Crippen LogP contribution in [0.15, 0.2) is 42.5 Å². The largest absolute Gasteiger partial charge is 0.468 e. The highest BCUT2D eigenvalue weighted by Gasteiger charge is 2.29. The molecule has 3 rings (SSSR count). The van der Waals surface area contributed by atoms with Crippen molar-refractivity contribution in [3.63, 3.8) is 0 Å². The third-order valence-corrected chi connectivity index (χ3v) is 7.13. The number of nitro benzene ring substituents is 1. The minimum atomic E-state index is -0.627. The van der Waals surface area contributed by atoms with E-state index >= 15 is 0 Å². The van der Waals surface area contributed by atoms with Crippen LogP contribution in [0.4, 0.5) is 5.69 Å². The first-order valence-electron chi connectivity index (χ1n) is 14.5. The van der Waals surface area contributed by atoms with Crippen molar-refractivity contribution >= 4 is 23.6 Å². The number of ether oxygens (including phenoxy) is 3. The summed E-state index contributed by atoms with van der Waals surface area (Å²) < 4.78 is 15.6. The van der Waals surface area contributed by atoms with E-state index in [1.54, 1.807) is 26.0 Å². The lowest BCUT2D eigenvalue weighted by atomic mass is 10.0. The first-order chi connectivity index (χ1) is 20.7. The van der Waals surface area contributed by atoms with E-state index in [4.69, 9.17) is 19.2 Å². The third kappa shape index (κ3) is 11.0. The summed E-state index contributed by atoms with van der Waals surface area (Å²) >= 11 is 0. The SMILES string of the molecule is CCOC(=O)CN1CCN(CC(=O)OCC)Cc2cccc(n2)CN(C(CCc2ccc([N+](=O)[O-])cc2)C(=O)OC)CC1. The van der Waals surface area contributed by atoms with Crippen molar-refractivity contribution in [2.24, 2.45) is 0 Å². The van der Waals surface area contributed by atoms with Crippen molar-refractivity contribution in [2.45, 2.75) is 45.8 Å². The Hall–Kier alpha value is -3.94. The molecule has 2 aromatic rings. The molecule has 0 radical (unpaired) electrons. The van der Waals surface area contributed by atoms with Gasteiger partial charge in [-0.2, -0.15) is 0 Å². The maximum absolute atomic E-state index is 13.1. The van der Waals surface area contributed by atoms with Gasteiger partial charge in [0.1, 0.15) is 6.04 Å². The molecular formula is C30H41N5O8.